The second kappa shape index (κ2) is 6.45. The Kier molecular flexibility index (Phi) is 3.91. The molecule has 7 heteroatoms. The van der Waals surface area contributed by atoms with Crippen LogP contribution in [0.15, 0.2) is 54.2 Å². The molecule has 0 spiro atoms. The number of rotatable bonds is 2. The first kappa shape index (κ1) is 16.9. The molecule has 4 aromatic rings. The molecule has 1 unspecified atom stereocenters. The van der Waals surface area contributed by atoms with Gasteiger partial charge in [0.1, 0.15) is 5.69 Å². The Morgan fingerprint density at radius 2 is 2.00 bits per heavy atom. The predicted molar refractivity (Wildman–Crippen MR) is 109 cm³/mol. The average Bonchev–Trinajstić information content (AvgIpc) is 3.31. The number of amides is 1. The van der Waals surface area contributed by atoms with E-state index in [-0.39, 0.29) is 6.04 Å². The smallest absolute Gasteiger partial charge is 0.407 e. The number of hydrogen-bond acceptors (Lipinski definition) is 4. The van der Waals surface area contributed by atoms with E-state index in [4.69, 9.17) is 5.10 Å². The van der Waals surface area contributed by atoms with Crippen LogP contribution < -0.4 is 0 Å². The fourth-order valence-corrected chi connectivity index (χ4v) is 4.69. The summed E-state index contributed by atoms with van der Waals surface area (Å²) >= 11 is 1.71. The Morgan fingerprint density at radius 1 is 1.18 bits per heavy atom. The van der Waals surface area contributed by atoms with Crippen molar-refractivity contribution >= 4 is 27.5 Å². The highest BCUT2D eigenvalue weighted by atomic mass is 32.1. The van der Waals surface area contributed by atoms with Crippen molar-refractivity contribution in [3.63, 3.8) is 0 Å². The number of benzene rings is 1. The number of pyridine rings is 1. The highest BCUT2D eigenvalue weighted by Gasteiger charge is 2.31. The van der Waals surface area contributed by atoms with Gasteiger partial charge in [-0.05, 0) is 47.5 Å². The largest absolute Gasteiger partial charge is 0.465 e. The van der Waals surface area contributed by atoms with Crippen molar-refractivity contribution in [1.82, 2.24) is 19.7 Å². The van der Waals surface area contributed by atoms with Crippen molar-refractivity contribution < 1.29 is 9.90 Å². The molecule has 1 atom stereocenters. The molecule has 1 N–H and O–H groups in total. The first-order valence-electron chi connectivity index (χ1n) is 9.09. The van der Waals surface area contributed by atoms with Crippen LogP contribution in [0.1, 0.15) is 12.6 Å². The zero-order chi connectivity index (χ0) is 19.3. The molecule has 5 rings (SSSR count). The van der Waals surface area contributed by atoms with Crippen LogP contribution in [0.4, 0.5) is 4.79 Å². The number of fused-ring (bicyclic) bond motifs is 2. The van der Waals surface area contributed by atoms with Gasteiger partial charge in [0, 0.05) is 28.2 Å². The molecule has 140 valence electrons. The summed E-state index contributed by atoms with van der Waals surface area (Å²) in [5.74, 6) is 0. The van der Waals surface area contributed by atoms with Crippen molar-refractivity contribution in [2.45, 2.75) is 26.1 Å². The lowest BCUT2D eigenvalue weighted by atomic mass is 9.98. The minimum Gasteiger partial charge on any atom is -0.465 e. The van der Waals surface area contributed by atoms with E-state index < -0.39 is 6.09 Å². The van der Waals surface area contributed by atoms with Crippen molar-refractivity contribution in [2.75, 3.05) is 0 Å². The third-order valence-corrected chi connectivity index (χ3v) is 6.17. The molecule has 4 heterocycles. The van der Waals surface area contributed by atoms with Crippen molar-refractivity contribution in [3.05, 3.63) is 59.9 Å². The van der Waals surface area contributed by atoms with Crippen LogP contribution in [0.2, 0.25) is 0 Å². The second-order valence-electron chi connectivity index (χ2n) is 7.02. The van der Waals surface area contributed by atoms with E-state index in [0.717, 1.165) is 28.1 Å². The molecule has 0 saturated carbocycles. The molecular weight excluding hydrogens is 372 g/mol. The number of aromatic nitrogens is 3. The molecule has 1 aromatic carbocycles. The van der Waals surface area contributed by atoms with Gasteiger partial charge < -0.3 is 5.11 Å². The van der Waals surface area contributed by atoms with E-state index in [9.17, 15) is 9.90 Å². The van der Waals surface area contributed by atoms with Crippen LogP contribution >= 0.6 is 11.3 Å². The van der Waals surface area contributed by atoms with Gasteiger partial charge in [-0.25, -0.2) is 4.79 Å². The highest BCUT2D eigenvalue weighted by Crippen LogP contribution is 2.38. The molecule has 28 heavy (non-hydrogen) atoms. The van der Waals surface area contributed by atoms with Gasteiger partial charge in [-0.3, -0.25) is 14.6 Å². The maximum atomic E-state index is 11.7. The number of carboxylic acid groups (broad SMARTS) is 1. The molecule has 1 aliphatic rings. The molecule has 1 amide bonds. The van der Waals surface area contributed by atoms with Crippen LogP contribution in [0.5, 0.6) is 0 Å². The zero-order valence-corrected chi connectivity index (χ0v) is 16.1. The third-order valence-electron chi connectivity index (χ3n) is 5.29. The quantitative estimate of drug-likeness (QED) is 0.538. The maximum absolute atomic E-state index is 11.7. The molecule has 0 aliphatic carbocycles. The van der Waals surface area contributed by atoms with Gasteiger partial charge in [-0.15, -0.1) is 11.3 Å². The van der Waals surface area contributed by atoms with Gasteiger partial charge in [-0.1, -0.05) is 12.1 Å². The number of carbonyl (C=O) groups is 1. The molecular formula is C21H18N4O2S. The summed E-state index contributed by atoms with van der Waals surface area (Å²) < 4.78 is 3.18. The van der Waals surface area contributed by atoms with Crippen LogP contribution in [-0.2, 0) is 13.1 Å². The van der Waals surface area contributed by atoms with Gasteiger partial charge in [0.05, 0.1) is 24.8 Å². The SMILES string of the molecule is CC1Cn2nc(-c3ccc4ccsc4c3)c(-c3ccncc3)c2CN1C(=O)O. The summed E-state index contributed by atoms with van der Waals surface area (Å²) in [5.41, 5.74) is 4.83. The summed E-state index contributed by atoms with van der Waals surface area (Å²) in [7, 11) is 0. The average molecular weight is 390 g/mol. The van der Waals surface area contributed by atoms with E-state index in [1.807, 2.05) is 23.7 Å². The first-order valence-corrected chi connectivity index (χ1v) is 9.97. The summed E-state index contributed by atoms with van der Waals surface area (Å²) in [5, 5.41) is 17.8. The highest BCUT2D eigenvalue weighted by molar-refractivity contribution is 7.17. The Labute approximate surface area is 165 Å². The van der Waals surface area contributed by atoms with Gasteiger partial charge >= 0.3 is 6.09 Å². The maximum Gasteiger partial charge on any atom is 0.407 e. The lowest BCUT2D eigenvalue weighted by Crippen LogP contribution is -2.44. The van der Waals surface area contributed by atoms with Crippen molar-refractivity contribution in [1.29, 1.82) is 0 Å². The number of hydrogen-bond donors (Lipinski definition) is 1. The van der Waals surface area contributed by atoms with Crippen LogP contribution in [0, 0.1) is 0 Å². The van der Waals surface area contributed by atoms with E-state index >= 15 is 0 Å². The monoisotopic (exact) mass is 390 g/mol. The first-order chi connectivity index (χ1) is 13.6. The Balaban J connectivity index is 1.73. The van der Waals surface area contributed by atoms with Gasteiger partial charge in [0.25, 0.3) is 0 Å². The van der Waals surface area contributed by atoms with Crippen molar-refractivity contribution in [2.24, 2.45) is 0 Å². The topological polar surface area (TPSA) is 71.2 Å². The van der Waals surface area contributed by atoms with Gasteiger partial charge in [0.15, 0.2) is 0 Å². The van der Waals surface area contributed by atoms with Gasteiger partial charge in [-0.2, -0.15) is 5.10 Å². The molecule has 3 aromatic heterocycles. The number of nitrogens with zero attached hydrogens (tertiary/aromatic N) is 4. The van der Waals surface area contributed by atoms with Crippen LogP contribution in [0.3, 0.4) is 0 Å². The van der Waals surface area contributed by atoms with Crippen LogP contribution in [-0.4, -0.2) is 36.9 Å². The predicted octanol–water partition coefficient (Wildman–Crippen LogP) is 4.71. The van der Waals surface area contributed by atoms with E-state index in [0.29, 0.717) is 13.1 Å². The van der Waals surface area contributed by atoms with E-state index in [1.165, 1.54) is 15.0 Å². The summed E-state index contributed by atoms with van der Waals surface area (Å²) in [6.07, 6.45) is 2.61. The Bertz CT molecular complexity index is 1180. The normalized spacial score (nSPS) is 16.3. The van der Waals surface area contributed by atoms with E-state index in [1.54, 1.807) is 23.7 Å². The minimum absolute atomic E-state index is 0.122. The van der Waals surface area contributed by atoms with E-state index in [2.05, 4.69) is 34.6 Å². The molecule has 0 bridgehead atoms. The van der Waals surface area contributed by atoms with Crippen LogP contribution in [0.25, 0.3) is 32.5 Å². The zero-order valence-electron chi connectivity index (χ0n) is 15.2. The van der Waals surface area contributed by atoms with Gasteiger partial charge in [0.2, 0.25) is 0 Å². The molecule has 6 nitrogen and oxygen atoms in total. The summed E-state index contributed by atoms with van der Waals surface area (Å²) in [6.45, 7) is 2.78. The fraction of sp³-hybridized carbons (Fsp3) is 0.190. The summed E-state index contributed by atoms with van der Waals surface area (Å²) in [4.78, 5) is 17.3. The standard InChI is InChI=1S/C21H18N4O2S/c1-13-11-25-17(12-24(13)21(26)27)19(15-4-7-22-8-5-15)20(23-25)16-3-2-14-6-9-28-18(14)10-16/h2-10,13H,11-12H2,1H3,(H,26,27). The Morgan fingerprint density at radius 3 is 2.79 bits per heavy atom. The molecule has 1 aliphatic heterocycles. The lowest BCUT2D eigenvalue weighted by Gasteiger charge is -2.32. The Hall–Kier alpha value is -3.19. The third kappa shape index (κ3) is 2.66. The summed E-state index contributed by atoms with van der Waals surface area (Å²) in [6, 6.07) is 12.3. The number of thiophene rings is 1. The second-order valence-corrected chi connectivity index (χ2v) is 7.97. The lowest BCUT2D eigenvalue weighted by molar-refractivity contribution is 0.105. The minimum atomic E-state index is -0.901. The fourth-order valence-electron chi connectivity index (χ4n) is 3.86. The molecule has 0 saturated heterocycles. The molecule has 0 fully saturated rings. The molecule has 0 radical (unpaired) electrons. The van der Waals surface area contributed by atoms with Crippen molar-refractivity contribution in [3.8, 4) is 22.4 Å².